The van der Waals surface area contributed by atoms with Crippen LogP contribution in [0.2, 0.25) is 0 Å². The summed E-state index contributed by atoms with van der Waals surface area (Å²) in [5.41, 5.74) is 3.78. The van der Waals surface area contributed by atoms with Crippen molar-refractivity contribution in [3.63, 3.8) is 0 Å². The molecule has 0 spiro atoms. The molecule has 6 heteroatoms. The molecule has 2 aromatic heterocycles. The number of allylic oxidation sites excluding steroid dienone is 1. The fraction of sp³-hybridized carbons (Fsp3) is 0.0870. The Morgan fingerprint density at radius 2 is 1.76 bits per heavy atom. The van der Waals surface area contributed by atoms with E-state index in [0.29, 0.717) is 0 Å². The summed E-state index contributed by atoms with van der Waals surface area (Å²) in [6.07, 6.45) is 5.58. The van der Waals surface area contributed by atoms with Gasteiger partial charge in [0.05, 0.1) is 6.26 Å². The first-order valence-corrected chi connectivity index (χ1v) is 9.23. The van der Waals surface area contributed by atoms with Crippen molar-refractivity contribution in [2.75, 3.05) is 0 Å². The fourth-order valence-electron chi connectivity index (χ4n) is 3.19. The first kappa shape index (κ1) is 18.4. The smallest absolute Gasteiger partial charge is 0.225 e. The average molecular weight is 385 g/mol. The molecule has 0 saturated heterocycles. The molecule has 4 rings (SSSR count). The predicted molar refractivity (Wildman–Crippen MR) is 109 cm³/mol. The summed E-state index contributed by atoms with van der Waals surface area (Å²) in [4.78, 5) is 16.7. The van der Waals surface area contributed by atoms with Crippen molar-refractivity contribution in [3.8, 4) is 11.1 Å². The molecule has 0 atom stereocenters. The van der Waals surface area contributed by atoms with Crippen molar-refractivity contribution in [2.45, 2.75) is 12.8 Å². The minimum absolute atomic E-state index is 0.0514. The zero-order valence-electron chi connectivity index (χ0n) is 15.6. The molecule has 2 aromatic carbocycles. The highest BCUT2D eigenvalue weighted by Gasteiger charge is 2.21. The number of carbonyl (C=O) groups excluding carboxylic acids is 1. The zero-order valence-corrected chi connectivity index (χ0v) is 15.6. The van der Waals surface area contributed by atoms with Gasteiger partial charge in [-0.1, -0.05) is 60.7 Å². The second-order valence-corrected chi connectivity index (χ2v) is 6.53. The van der Waals surface area contributed by atoms with E-state index in [2.05, 4.69) is 27.3 Å². The third-order valence-corrected chi connectivity index (χ3v) is 4.59. The molecule has 2 heterocycles. The van der Waals surface area contributed by atoms with Gasteiger partial charge in [0.1, 0.15) is 6.33 Å². The van der Waals surface area contributed by atoms with E-state index in [1.165, 1.54) is 11.9 Å². The van der Waals surface area contributed by atoms with Gasteiger partial charge in [-0.25, -0.2) is 4.98 Å². The van der Waals surface area contributed by atoms with Crippen molar-refractivity contribution in [1.29, 1.82) is 0 Å². The highest BCUT2D eigenvalue weighted by atomic mass is 16.3. The maximum Gasteiger partial charge on any atom is 0.225 e. The van der Waals surface area contributed by atoms with E-state index in [1.54, 1.807) is 6.26 Å². The molecule has 0 unspecified atom stereocenters. The zero-order chi connectivity index (χ0) is 20.1. The lowest BCUT2D eigenvalue weighted by atomic mass is 9.96. The van der Waals surface area contributed by atoms with E-state index in [0.717, 1.165) is 35.6 Å². The van der Waals surface area contributed by atoms with E-state index in [4.69, 9.17) is 4.42 Å². The number of hydrogen-bond donors (Lipinski definition) is 2. The van der Waals surface area contributed by atoms with E-state index >= 15 is 0 Å². The first-order chi connectivity index (χ1) is 14.2. The van der Waals surface area contributed by atoms with Gasteiger partial charge in [-0.2, -0.15) is 5.10 Å². The molecule has 2 N–H and O–H groups in total. The Kier molecular flexibility index (Phi) is 5.33. The number of ketones is 1. The van der Waals surface area contributed by atoms with Crippen LogP contribution in [0.1, 0.15) is 27.5 Å². The third-order valence-electron chi connectivity index (χ3n) is 4.59. The summed E-state index contributed by atoms with van der Waals surface area (Å²) in [5, 5.41) is 16.4. The molecular formula is C23H19N3O3. The number of carbonyl (C=O) groups is 1. The summed E-state index contributed by atoms with van der Waals surface area (Å²) < 4.78 is 5.66. The minimum atomic E-state index is -0.447. The number of aryl methyl sites for hydroxylation is 2. The van der Waals surface area contributed by atoms with Gasteiger partial charge in [-0.15, -0.1) is 0 Å². The highest BCUT2D eigenvalue weighted by Crippen LogP contribution is 2.31. The number of aromatic amines is 1. The van der Waals surface area contributed by atoms with Crippen LogP contribution >= 0.6 is 0 Å². The Hall–Kier alpha value is -3.93. The number of rotatable bonds is 7. The van der Waals surface area contributed by atoms with Gasteiger partial charge in [0.25, 0.3) is 0 Å². The van der Waals surface area contributed by atoms with Crippen LogP contribution in [0.4, 0.5) is 0 Å². The average Bonchev–Trinajstić information content (AvgIpc) is 3.44. The van der Waals surface area contributed by atoms with Gasteiger partial charge in [0, 0.05) is 11.6 Å². The summed E-state index contributed by atoms with van der Waals surface area (Å²) in [7, 11) is 0. The Morgan fingerprint density at radius 3 is 2.45 bits per heavy atom. The number of aliphatic hydroxyl groups is 1. The molecular weight excluding hydrogens is 366 g/mol. The second kappa shape index (κ2) is 8.39. The highest BCUT2D eigenvalue weighted by molar-refractivity contribution is 6.10. The van der Waals surface area contributed by atoms with Crippen molar-refractivity contribution in [2.24, 2.45) is 0 Å². The van der Waals surface area contributed by atoms with Crippen molar-refractivity contribution >= 4 is 11.5 Å². The van der Waals surface area contributed by atoms with Crippen LogP contribution in [0.15, 0.2) is 83.7 Å². The van der Waals surface area contributed by atoms with Crippen LogP contribution < -0.4 is 0 Å². The number of benzene rings is 2. The Labute approximate surface area is 167 Å². The first-order valence-electron chi connectivity index (χ1n) is 9.23. The number of aliphatic hydroxyl groups excluding tert-OH is 1. The molecule has 0 aliphatic heterocycles. The van der Waals surface area contributed by atoms with E-state index < -0.39 is 5.78 Å². The summed E-state index contributed by atoms with van der Waals surface area (Å²) in [6.45, 7) is 0. The monoisotopic (exact) mass is 385 g/mol. The maximum absolute atomic E-state index is 12.8. The molecule has 0 aliphatic carbocycles. The van der Waals surface area contributed by atoms with Gasteiger partial charge in [0.2, 0.25) is 11.6 Å². The van der Waals surface area contributed by atoms with Crippen LogP contribution in [-0.2, 0) is 12.8 Å². The molecule has 4 aromatic rings. The molecule has 0 radical (unpaired) electrons. The van der Waals surface area contributed by atoms with Crippen LogP contribution in [0.5, 0.6) is 0 Å². The molecule has 0 fully saturated rings. The minimum Gasteiger partial charge on any atom is -0.504 e. The summed E-state index contributed by atoms with van der Waals surface area (Å²) in [6, 6.07) is 19.8. The fourth-order valence-corrected chi connectivity index (χ4v) is 3.19. The van der Waals surface area contributed by atoms with Crippen LogP contribution in [0.25, 0.3) is 16.9 Å². The molecule has 29 heavy (non-hydrogen) atoms. The molecule has 6 nitrogen and oxygen atoms in total. The topological polar surface area (TPSA) is 92.0 Å². The largest absolute Gasteiger partial charge is 0.504 e. The quantitative estimate of drug-likeness (QED) is 0.275. The molecule has 144 valence electrons. The second-order valence-electron chi connectivity index (χ2n) is 6.53. The van der Waals surface area contributed by atoms with Crippen molar-refractivity contribution < 1.29 is 14.3 Å². The van der Waals surface area contributed by atoms with E-state index in [1.807, 2.05) is 48.5 Å². The summed E-state index contributed by atoms with van der Waals surface area (Å²) >= 11 is 0. The number of aromatic nitrogens is 3. The SMILES string of the molecule is O=C(C=C(O)c1nc[nH]n1)c1occ(CCc2ccccc2)c1-c1ccccc1. The lowest BCUT2D eigenvalue weighted by Gasteiger charge is -2.06. The number of nitrogens with one attached hydrogen (secondary N) is 1. The predicted octanol–water partition coefficient (Wildman–Crippen LogP) is 4.63. The number of H-pyrrole nitrogens is 1. The molecule has 0 amide bonds. The number of nitrogens with zero attached hydrogens (tertiary/aromatic N) is 2. The van der Waals surface area contributed by atoms with Crippen molar-refractivity contribution in [1.82, 2.24) is 15.2 Å². The Balaban J connectivity index is 1.67. The van der Waals surface area contributed by atoms with Gasteiger partial charge < -0.3 is 9.52 Å². The third kappa shape index (κ3) is 4.16. The standard InChI is InChI=1S/C23H19N3O3/c27-19(13-20(28)23-24-15-25-26-23)22-21(17-9-5-2-6-10-17)18(14-29-22)12-11-16-7-3-1-4-8-16/h1-10,13-15,28H,11-12H2,(H,24,25,26). The van der Waals surface area contributed by atoms with Gasteiger partial charge in [-0.3, -0.25) is 9.89 Å². The van der Waals surface area contributed by atoms with Gasteiger partial charge >= 0.3 is 0 Å². The van der Waals surface area contributed by atoms with E-state index in [-0.39, 0.29) is 17.3 Å². The van der Waals surface area contributed by atoms with Gasteiger partial charge in [0.15, 0.2) is 11.5 Å². The summed E-state index contributed by atoms with van der Waals surface area (Å²) in [5.74, 6) is -0.536. The van der Waals surface area contributed by atoms with E-state index in [9.17, 15) is 9.90 Å². The van der Waals surface area contributed by atoms with Crippen LogP contribution in [0, 0.1) is 0 Å². The van der Waals surface area contributed by atoms with Crippen LogP contribution in [0.3, 0.4) is 0 Å². The van der Waals surface area contributed by atoms with Crippen LogP contribution in [-0.4, -0.2) is 26.1 Å². The Bertz CT molecular complexity index is 1110. The maximum atomic E-state index is 12.8. The van der Waals surface area contributed by atoms with Gasteiger partial charge in [-0.05, 0) is 29.5 Å². The lowest BCUT2D eigenvalue weighted by Crippen LogP contribution is -2.00. The Morgan fingerprint density at radius 1 is 1.03 bits per heavy atom. The molecule has 0 saturated carbocycles. The van der Waals surface area contributed by atoms with Crippen molar-refractivity contribution in [3.05, 3.63) is 102 Å². The molecule has 0 bridgehead atoms. The number of hydrogen-bond acceptors (Lipinski definition) is 5. The lowest BCUT2D eigenvalue weighted by molar-refractivity contribution is 0.102. The normalized spacial score (nSPS) is 11.5. The molecule has 0 aliphatic rings. The number of furan rings is 1.